The van der Waals surface area contributed by atoms with Crippen LogP contribution >= 0.6 is 0 Å². The molecule has 0 heterocycles. The van der Waals surface area contributed by atoms with Crippen LogP contribution in [0.25, 0.3) is 0 Å². The zero-order valence-electron chi connectivity index (χ0n) is 14.1. The third kappa shape index (κ3) is 7.70. The Morgan fingerprint density at radius 3 is 2.13 bits per heavy atom. The Hall–Kier alpha value is -1.27. The highest BCUT2D eigenvalue weighted by Gasteiger charge is 2.13. The van der Waals surface area contributed by atoms with Gasteiger partial charge in [0.2, 0.25) is 0 Å². The van der Waals surface area contributed by atoms with Gasteiger partial charge in [0.25, 0.3) is 10.1 Å². The SMILES string of the molecule is CCCCCCCCCCOc1ccc(S(=O)(=O)O)cc1OC. The highest BCUT2D eigenvalue weighted by atomic mass is 32.2. The average Bonchev–Trinajstić information content (AvgIpc) is 2.52. The summed E-state index contributed by atoms with van der Waals surface area (Å²) >= 11 is 0. The number of hydrogen-bond donors (Lipinski definition) is 1. The first-order valence-electron chi connectivity index (χ1n) is 8.27. The molecule has 5 nitrogen and oxygen atoms in total. The van der Waals surface area contributed by atoms with Gasteiger partial charge >= 0.3 is 0 Å². The molecule has 0 aliphatic carbocycles. The fraction of sp³-hybridized carbons (Fsp3) is 0.647. The van der Waals surface area contributed by atoms with E-state index >= 15 is 0 Å². The van der Waals surface area contributed by atoms with Crippen molar-refractivity contribution in [3.63, 3.8) is 0 Å². The number of rotatable bonds is 12. The Bertz CT molecular complexity index is 554. The second-order valence-electron chi connectivity index (χ2n) is 5.61. The molecule has 0 aliphatic heterocycles. The maximum absolute atomic E-state index is 11.1. The zero-order valence-corrected chi connectivity index (χ0v) is 14.9. The van der Waals surface area contributed by atoms with E-state index in [-0.39, 0.29) is 4.90 Å². The summed E-state index contributed by atoms with van der Waals surface area (Å²) in [4.78, 5) is -0.200. The molecule has 1 aromatic carbocycles. The van der Waals surface area contributed by atoms with E-state index in [9.17, 15) is 8.42 Å². The average molecular weight is 344 g/mol. The fourth-order valence-electron chi connectivity index (χ4n) is 2.35. The van der Waals surface area contributed by atoms with Crippen molar-refractivity contribution < 1.29 is 22.4 Å². The van der Waals surface area contributed by atoms with Crippen LogP contribution in [0, 0.1) is 0 Å². The topological polar surface area (TPSA) is 72.8 Å². The number of ether oxygens (including phenoxy) is 2. The number of unbranched alkanes of at least 4 members (excludes halogenated alkanes) is 7. The van der Waals surface area contributed by atoms with Gasteiger partial charge in [0, 0.05) is 6.07 Å². The molecule has 132 valence electrons. The van der Waals surface area contributed by atoms with Crippen LogP contribution in [0.15, 0.2) is 23.1 Å². The predicted molar refractivity (Wildman–Crippen MR) is 90.9 cm³/mol. The van der Waals surface area contributed by atoms with E-state index in [1.54, 1.807) is 0 Å². The molecule has 0 bridgehead atoms. The molecular weight excluding hydrogens is 316 g/mol. The van der Waals surface area contributed by atoms with Gasteiger partial charge in [-0.2, -0.15) is 8.42 Å². The van der Waals surface area contributed by atoms with E-state index in [1.165, 1.54) is 63.8 Å². The molecule has 0 amide bonds. The Morgan fingerprint density at radius 1 is 0.957 bits per heavy atom. The summed E-state index contributed by atoms with van der Waals surface area (Å²) in [6, 6.07) is 4.08. The minimum absolute atomic E-state index is 0.200. The number of methoxy groups -OCH3 is 1. The molecule has 0 unspecified atom stereocenters. The van der Waals surface area contributed by atoms with Crippen LogP contribution in [0.2, 0.25) is 0 Å². The van der Waals surface area contributed by atoms with Crippen LogP contribution in [0.3, 0.4) is 0 Å². The van der Waals surface area contributed by atoms with Crippen molar-refractivity contribution in [2.24, 2.45) is 0 Å². The fourth-order valence-corrected chi connectivity index (χ4v) is 2.84. The molecule has 23 heavy (non-hydrogen) atoms. The molecule has 1 N–H and O–H groups in total. The molecule has 0 saturated carbocycles. The van der Waals surface area contributed by atoms with Gasteiger partial charge in [0.15, 0.2) is 11.5 Å². The Labute approximate surface area is 139 Å². The third-order valence-corrected chi connectivity index (χ3v) is 4.54. The number of benzene rings is 1. The minimum Gasteiger partial charge on any atom is -0.493 e. The molecule has 0 aliphatic rings. The second kappa shape index (κ2) is 10.5. The lowest BCUT2D eigenvalue weighted by Gasteiger charge is -2.11. The number of hydrogen-bond acceptors (Lipinski definition) is 4. The van der Waals surface area contributed by atoms with Gasteiger partial charge in [0.1, 0.15) is 0 Å². The summed E-state index contributed by atoms with van der Waals surface area (Å²) in [5.41, 5.74) is 0. The van der Waals surface area contributed by atoms with Crippen molar-refractivity contribution in [3.05, 3.63) is 18.2 Å². The predicted octanol–water partition coefficient (Wildman–Crippen LogP) is 4.46. The highest BCUT2D eigenvalue weighted by molar-refractivity contribution is 7.85. The molecule has 0 atom stereocenters. The van der Waals surface area contributed by atoms with E-state index in [4.69, 9.17) is 14.0 Å². The first-order valence-corrected chi connectivity index (χ1v) is 9.71. The highest BCUT2D eigenvalue weighted by Crippen LogP contribution is 2.29. The van der Waals surface area contributed by atoms with Gasteiger partial charge in [-0.3, -0.25) is 4.55 Å². The lowest BCUT2D eigenvalue weighted by Crippen LogP contribution is -2.02. The quantitative estimate of drug-likeness (QED) is 0.447. The normalized spacial score (nSPS) is 11.4. The van der Waals surface area contributed by atoms with Gasteiger partial charge in [-0.1, -0.05) is 51.9 Å². The summed E-state index contributed by atoms with van der Waals surface area (Å²) in [5, 5.41) is 0. The van der Waals surface area contributed by atoms with E-state index in [0.29, 0.717) is 18.1 Å². The molecule has 1 rings (SSSR count). The molecular formula is C17H28O5S. The molecule has 0 fully saturated rings. The zero-order chi connectivity index (χ0) is 17.1. The Kier molecular flexibility index (Phi) is 9.02. The molecule has 0 saturated heterocycles. The van der Waals surface area contributed by atoms with E-state index in [0.717, 1.165) is 12.8 Å². The van der Waals surface area contributed by atoms with Crippen LogP contribution in [0.4, 0.5) is 0 Å². The van der Waals surface area contributed by atoms with Crippen LogP contribution in [0.5, 0.6) is 11.5 Å². The molecule has 6 heteroatoms. The molecule has 1 aromatic rings. The van der Waals surface area contributed by atoms with Crippen molar-refractivity contribution in [3.8, 4) is 11.5 Å². The maximum Gasteiger partial charge on any atom is 0.294 e. The van der Waals surface area contributed by atoms with Gasteiger partial charge in [-0.25, -0.2) is 0 Å². The summed E-state index contributed by atoms with van der Waals surface area (Å²) in [7, 11) is -2.79. The van der Waals surface area contributed by atoms with E-state index in [1.807, 2.05) is 0 Å². The van der Waals surface area contributed by atoms with Gasteiger partial charge in [-0.15, -0.1) is 0 Å². The Morgan fingerprint density at radius 2 is 1.57 bits per heavy atom. The first kappa shape index (κ1) is 19.8. The van der Waals surface area contributed by atoms with E-state index in [2.05, 4.69) is 6.92 Å². The standard InChI is InChI=1S/C17H28O5S/c1-3-4-5-6-7-8-9-10-13-22-16-12-11-15(23(18,19)20)14-17(16)21-2/h11-12,14H,3-10,13H2,1-2H3,(H,18,19,20). The molecule has 0 spiro atoms. The van der Waals surface area contributed by atoms with Crippen molar-refractivity contribution in [1.29, 1.82) is 0 Å². The van der Waals surface area contributed by atoms with Crippen LogP contribution in [0.1, 0.15) is 58.3 Å². The van der Waals surface area contributed by atoms with Crippen molar-refractivity contribution >= 4 is 10.1 Å². The summed E-state index contributed by atoms with van der Waals surface area (Å²) < 4.78 is 42.0. The molecule has 0 radical (unpaired) electrons. The third-order valence-electron chi connectivity index (χ3n) is 3.69. The van der Waals surface area contributed by atoms with Gasteiger partial charge < -0.3 is 9.47 Å². The van der Waals surface area contributed by atoms with Gasteiger partial charge in [0.05, 0.1) is 18.6 Å². The second-order valence-corrected chi connectivity index (χ2v) is 7.03. The van der Waals surface area contributed by atoms with Gasteiger partial charge in [-0.05, 0) is 18.6 Å². The Balaban J connectivity index is 2.32. The van der Waals surface area contributed by atoms with Crippen molar-refractivity contribution in [2.45, 2.75) is 63.2 Å². The summed E-state index contributed by atoms with van der Waals surface area (Å²) in [6.07, 6.45) is 9.78. The van der Waals surface area contributed by atoms with Crippen LogP contribution in [-0.4, -0.2) is 26.7 Å². The van der Waals surface area contributed by atoms with Crippen molar-refractivity contribution in [2.75, 3.05) is 13.7 Å². The molecule has 0 aromatic heterocycles. The van der Waals surface area contributed by atoms with E-state index < -0.39 is 10.1 Å². The monoisotopic (exact) mass is 344 g/mol. The van der Waals surface area contributed by atoms with Crippen molar-refractivity contribution in [1.82, 2.24) is 0 Å². The minimum atomic E-state index is -4.23. The maximum atomic E-state index is 11.1. The smallest absolute Gasteiger partial charge is 0.294 e. The largest absolute Gasteiger partial charge is 0.493 e. The first-order chi connectivity index (χ1) is 11.0. The lowest BCUT2D eigenvalue weighted by molar-refractivity contribution is 0.284. The summed E-state index contributed by atoms with van der Waals surface area (Å²) in [5.74, 6) is 0.794. The van der Waals surface area contributed by atoms with Crippen LogP contribution in [-0.2, 0) is 10.1 Å². The van der Waals surface area contributed by atoms with Crippen LogP contribution < -0.4 is 9.47 Å². The lowest BCUT2D eigenvalue weighted by atomic mass is 10.1. The summed E-state index contributed by atoms with van der Waals surface area (Å²) in [6.45, 7) is 2.78.